The first-order valence-electron chi connectivity index (χ1n) is 2.79. The second-order valence-corrected chi connectivity index (χ2v) is 3.02. The summed E-state index contributed by atoms with van der Waals surface area (Å²) in [6.45, 7) is 0. The minimum atomic E-state index is -0.399. The molecule has 0 saturated carbocycles. The van der Waals surface area contributed by atoms with Gasteiger partial charge in [-0.05, 0) is 18.2 Å². The third-order valence-corrected chi connectivity index (χ3v) is 2.28. The van der Waals surface area contributed by atoms with Crippen molar-refractivity contribution in [1.82, 2.24) is 0 Å². The summed E-state index contributed by atoms with van der Waals surface area (Å²) in [4.78, 5) is 0.437. The van der Waals surface area contributed by atoms with Crippen LogP contribution < -0.4 is 0 Å². The lowest BCUT2D eigenvalue weighted by Gasteiger charge is -1.96. The van der Waals surface area contributed by atoms with Crippen LogP contribution in [0.2, 0.25) is 0 Å². The Hall–Kier alpha value is -0.660. The number of benzene rings is 1. The fourth-order valence-corrected chi connectivity index (χ4v) is 1.36. The Kier molecular flexibility index (Phi) is 2.80. The molecule has 56 valence electrons. The van der Waals surface area contributed by atoms with E-state index >= 15 is 0 Å². The van der Waals surface area contributed by atoms with Gasteiger partial charge in [0.05, 0.1) is 16.5 Å². The van der Waals surface area contributed by atoms with E-state index in [0.717, 1.165) is 10.8 Å². The lowest BCUT2D eigenvalue weighted by atomic mass is 10.2. The number of nitriles is 1. The smallest absolute Gasteiger partial charge is 0.138 e. The second kappa shape index (κ2) is 3.65. The maximum atomic E-state index is 12.8. The summed E-state index contributed by atoms with van der Waals surface area (Å²) in [6.07, 6.45) is 0. The Balaban J connectivity index is 3.12. The average Bonchev–Trinajstić information content (AvgIpc) is 2.04. The van der Waals surface area contributed by atoms with Gasteiger partial charge in [-0.15, -0.1) is 11.7 Å². The van der Waals surface area contributed by atoms with Crippen molar-refractivity contribution >= 4 is 22.5 Å². The highest BCUT2D eigenvalue weighted by Gasteiger charge is 2.00. The van der Waals surface area contributed by atoms with E-state index in [1.807, 2.05) is 6.07 Å². The summed E-state index contributed by atoms with van der Waals surface area (Å²) in [7, 11) is 1.02. The van der Waals surface area contributed by atoms with Gasteiger partial charge in [-0.3, -0.25) is 0 Å². The first-order chi connectivity index (χ1) is 5.27. The zero-order valence-electron chi connectivity index (χ0n) is 5.41. The van der Waals surface area contributed by atoms with Crippen LogP contribution in [0.25, 0.3) is 0 Å². The van der Waals surface area contributed by atoms with Crippen molar-refractivity contribution in [2.24, 2.45) is 0 Å². The van der Waals surface area contributed by atoms with Gasteiger partial charge in [-0.25, -0.2) is 4.39 Å². The summed E-state index contributed by atoms with van der Waals surface area (Å²) in [5, 5.41) is 8.38. The SMILES string of the molecule is N#Cc1ccc(SS)c(F)c1. The van der Waals surface area contributed by atoms with E-state index in [1.165, 1.54) is 12.1 Å². The molecule has 0 spiro atoms. The van der Waals surface area contributed by atoms with Gasteiger partial charge in [-0.2, -0.15) is 5.26 Å². The van der Waals surface area contributed by atoms with Crippen LogP contribution in [0.4, 0.5) is 4.39 Å². The number of rotatable bonds is 1. The van der Waals surface area contributed by atoms with Gasteiger partial charge >= 0.3 is 0 Å². The molecule has 1 aromatic carbocycles. The van der Waals surface area contributed by atoms with E-state index in [1.54, 1.807) is 6.07 Å². The Morgan fingerprint density at radius 1 is 1.55 bits per heavy atom. The standard InChI is InChI=1S/C7H4FNS2/c8-6-3-5(4-9)1-2-7(6)11-10/h1-3,10H. The Morgan fingerprint density at radius 2 is 2.27 bits per heavy atom. The van der Waals surface area contributed by atoms with Crippen molar-refractivity contribution in [3.63, 3.8) is 0 Å². The largest absolute Gasteiger partial charge is 0.206 e. The molecule has 0 aliphatic heterocycles. The molecule has 0 fully saturated rings. The predicted molar refractivity (Wildman–Crippen MR) is 46.0 cm³/mol. The third-order valence-electron chi connectivity index (χ3n) is 1.16. The van der Waals surface area contributed by atoms with Crippen molar-refractivity contribution in [3.8, 4) is 6.07 Å². The minimum absolute atomic E-state index is 0.327. The van der Waals surface area contributed by atoms with Gasteiger partial charge in [-0.1, -0.05) is 10.8 Å². The fourth-order valence-electron chi connectivity index (χ4n) is 0.644. The molecule has 0 aromatic heterocycles. The monoisotopic (exact) mass is 185 g/mol. The van der Waals surface area contributed by atoms with Crippen molar-refractivity contribution < 1.29 is 4.39 Å². The predicted octanol–water partition coefficient (Wildman–Crippen LogP) is 2.63. The molecule has 0 bridgehead atoms. The molecule has 11 heavy (non-hydrogen) atoms. The molecule has 0 aliphatic rings. The molecule has 1 aromatic rings. The van der Waals surface area contributed by atoms with Crippen LogP contribution in [-0.4, -0.2) is 0 Å². The summed E-state index contributed by atoms with van der Waals surface area (Å²) in [6, 6.07) is 6.13. The highest BCUT2D eigenvalue weighted by Crippen LogP contribution is 2.24. The molecule has 0 radical (unpaired) electrons. The molecule has 0 atom stereocenters. The number of hydrogen-bond acceptors (Lipinski definition) is 3. The Morgan fingerprint density at radius 3 is 2.73 bits per heavy atom. The first-order valence-corrected chi connectivity index (χ1v) is 4.66. The van der Waals surface area contributed by atoms with Crippen LogP contribution in [0, 0.1) is 17.1 Å². The van der Waals surface area contributed by atoms with Gasteiger partial charge in [0.25, 0.3) is 0 Å². The Labute approximate surface area is 73.0 Å². The van der Waals surface area contributed by atoms with E-state index in [2.05, 4.69) is 11.7 Å². The fraction of sp³-hybridized carbons (Fsp3) is 0. The van der Waals surface area contributed by atoms with Crippen LogP contribution in [0.1, 0.15) is 5.56 Å². The summed E-state index contributed by atoms with van der Waals surface area (Å²) in [5.41, 5.74) is 0.327. The average molecular weight is 185 g/mol. The van der Waals surface area contributed by atoms with Gasteiger partial charge in [0.1, 0.15) is 5.82 Å². The molecule has 0 N–H and O–H groups in total. The van der Waals surface area contributed by atoms with E-state index in [9.17, 15) is 4.39 Å². The minimum Gasteiger partial charge on any atom is -0.206 e. The third kappa shape index (κ3) is 1.88. The number of thiol groups is 1. The Bertz CT molecular complexity index is 306. The molecule has 0 amide bonds. The molecule has 4 heteroatoms. The van der Waals surface area contributed by atoms with E-state index in [4.69, 9.17) is 5.26 Å². The zero-order chi connectivity index (χ0) is 8.27. The maximum absolute atomic E-state index is 12.8. The van der Waals surface area contributed by atoms with E-state index in [-0.39, 0.29) is 0 Å². The van der Waals surface area contributed by atoms with Crippen LogP contribution in [0.15, 0.2) is 23.1 Å². The molecule has 0 heterocycles. The van der Waals surface area contributed by atoms with Crippen LogP contribution in [-0.2, 0) is 0 Å². The molecule has 1 nitrogen and oxygen atoms in total. The quantitative estimate of drug-likeness (QED) is 0.537. The summed E-state index contributed by atoms with van der Waals surface area (Å²) >= 11 is 3.84. The van der Waals surface area contributed by atoms with Crippen molar-refractivity contribution in [2.75, 3.05) is 0 Å². The van der Waals surface area contributed by atoms with Crippen LogP contribution in [0.5, 0.6) is 0 Å². The zero-order valence-corrected chi connectivity index (χ0v) is 7.12. The van der Waals surface area contributed by atoms with Gasteiger partial charge in [0, 0.05) is 0 Å². The van der Waals surface area contributed by atoms with Crippen molar-refractivity contribution in [2.45, 2.75) is 4.90 Å². The van der Waals surface area contributed by atoms with Gasteiger partial charge < -0.3 is 0 Å². The maximum Gasteiger partial charge on any atom is 0.138 e. The number of halogens is 1. The summed E-state index contributed by atoms with van der Waals surface area (Å²) in [5.74, 6) is -0.399. The lowest BCUT2D eigenvalue weighted by molar-refractivity contribution is 0.602. The topological polar surface area (TPSA) is 23.8 Å². The molecular formula is C7H4FNS2. The molecule has 0 saturated heterocycles. The molecule has 0 unspecified atom stereocenters. The highest BCUT2D eigenvalue weighted by atomic mass is 33.1. The normalized spacial score (nSPS) is 9.18. The first kappa shape index (κ1) is 8.44. The number of hydrogen-bond donors (Lipinski definition) is 1. The second-order valence-electron chi connectivity index (χ2n) is 1.85. The molecule has 1 rings (SSSR count). The summed E-state index contributed by atoms with van der Waals surface area (Å²) < 4.78 is 12.8. The van der Waals surface area contributed by atoms with Crippen LogP contribution >= 0.6 is 22.5 Å². The van der Waals surface area contributed by atoms with E-state index in [0.29, 0.717) is 10.5 Å². The van der Waals surface area contributed by atoms with Crippen molar-refractivity contribution in [1.29, 1.82) is 5.26 Å². The van der Waals surface area contributed by atoms with Crippen molar-refractivity contribution in [3.05, 3.63) is 29.6 Å². The lowest BCUT2D eigenvalue weighted by Crippen LogP contribution is -1.80. The molecule has 0 aliphatic carbocycles. The molecular weight excluding hydrogens is 181 g/mol. The van der Waals surface area contributed by atoms with E-state index < -0.39 is 5.82 Å². The number of nitrogens with zero attached hydrogens (tertiary/aromatic N) is 1. The highest BCUT2D eigenvalue weighted by molar-refractivity contribution is 8.68. The van der Waals surface area contributed by atoms with Gasteiger partial charge in [0.2, 0.25) is 0 Å². The van der Waals surface area contributed by atoms with Gasteiger partial charge in [0.15, 0.2) is 0 Å². The van der Waals surface area contributed by atoms with Crippen LogP contribution in [0.3, 0.4) is 0 Å².